The van der Waals surface area contributed by atoms with Crippen molar-refractivity contribution in [2.24, 2.45) is 0 Å². The Morgan fingerprint density at radius 3 is 3.14 bits per heavy atom. The fourth-order valence-corrected chi connectivity index (χ4v) is 2.89. The number of nitrogens with one attached hydrogen (secondary N) is 1. The maximum atomic E-state index is 3.47. The Kier molecular flexibility index (Phi) is 1.88. The summed E-state index contributed by atoms with van der Waals surface area (Å²) >= 11 is 1.91. The van der Waals surface area contributed by atoms with Gasteiger partial charge in [0.05, 0.1) is 5.69 Å². The van der Waals surface area contributed by atoms with Crippen LogP contribution in [0.5, 0.6) is 0 Å². The Morgan fingerprint density at radius 1 is 1.21 bits per heavy atom. The minimum absolute atomic E-state index is 1.18. The van der Waals surface area contributed by atoms with Gasteiger partial charge in [0.25, 0.3) is 0 Å². The molecule has 2 heteroatoms. The van der Waals surface area contributed by atoms with Crippen molar-refractivity contribution in [3.05, 3.63) is 47.0 Å². The number of para-hydroxylation sites is 1. The molecule has 3 rings (SSSR count). The Hall–Kier alpha value is -1.15. The molecule has 0 bridgehead atoms. The summed E-state index contributed by atoms with van der Waals surface area (Å²) < 4.78 is 0. The lowest BCUT2D eigenvalue weighted by atomic mass is 10.1. The number of hydrogen-bond acceptors (Lipinski definition) is 2. The number of benzene rings is 1. The zero-order valence-electron chi connectivity index (χ0n) is 7.79. The highest BCUT2D eigenvalue weighted by Gasteiger charge is 2.17. The molecule has 14 heavy (non-hydrogen) atoms. The molecular weight excluding hydrogens is 190 g/mol. The lowest BCUT2D eigenvalue weighted by Gasteiger charge is -2.24. The Balaban J connectivity index is 2.03. The third-order valence-electron chi connectivity index (χ3n) is 2.51. The maximum Gasteiger partial charge on any atom is 0.0526 e. The second kappa shape index (κ2) is 3.21. The molecule has 1 nitrogen and oxygen atoms in total. The molecule has 0 spiro atoms. The lowest BCUT2D eigenvalue weighted by molar-refractivity contribution is 0.995. The van der Waals surface area contributed by atoms with E-state index in [4.69, 9.17) is 0 Å². The van der Waals surface area contributed by atoms with Gasteiger partial charge < -0.3 is 5.32 Å². The smallest absolute Gasteiger partial charge is 0.0526 e. The highest BCUT2D eigenvalue weighted by atomic mass is 32.2. The van der Waals surface area contributed by atoms with Gasteiger partial charge >= 0.3 is 0 Å². The van der Waals surface area contributed by atoms with E-state index in [0.29, 0.717) is 0 Å². The summed E-state index contributed by atoms with van der Waals surface area (Å²) in [7, 11) is 0. The summed E-state index contributed by atoms with van der Waals surface area (Å²) in [5.74, 6) is 0. The van der Waals surface area contributed by atoms with E-state index >= 15 is 0 Å². The van der Waals surface area contributed by atoms with Gasteiger partial charge in [0, 0.05) is 15.5 Å². The van der Waals surface area contributed by atoms with Crippen LogP contribution in [0.1, 0.15) is 12.8 Å². The first-order chi connectivity index (χ1) is 6.93. The van der Waals surface area contributed by atoms with Crippen molar-refractivity contribution in [2.45, 2.75) is 17.7 Å². The first-order valence-corrected chi connectivity index (χ1v) is 5.69. The number of rotatable bonds is 0. The largest absolute Gasteiger partial charge is 0.354 e. The molecule has 0 atom stereocenters. The molecule has 0 saturated heterocycles. The van der Waals surface area contributed by atoms with Crippen LogP contribution in [0.2, 0.25) is 0 Å². The van der Waals surface area contributed by atoms with Gasteiger partial charge in [-0.05, 0) is 31.1 Å². The van der Waals surface area contributed by atoms with E-state index in [9.17, 15) is 0 Å². The average molecular weight is 201 g/mol. The molecule has 1 aromatic carbocycles. The molecular formula is C12H11NS. The van der Waals surface area contributed by atoms with Gasteiger partial charge in [-0.3, -0.25) is 0 Å². The van der Waals surface area contributed by atoms with Crippen LogP contribution in [0.25, 0.3) is 0 Å². The van der Waals surface area contributed by atoms with Gasteiger partial charge in [0.1, 0.15) is 0 Å². The number of fused-ring (bicyclic) bond motifs is 1. The quantitative estimate of drug-likeness (QED) is 0.685. The van der Waals surface area contributed by atoms with Crippen LogP contribution < -0.4 is 5.32 Å². The number of thioether (sulfide) groups is 1. The molecule has 2 aliphatic rings. The van der Waals surface area contributed by atoms with Gasteiger partial charge in [-0.15, -0.1) is 0 Å². The summed E-state index contributed by atoms with van der Waals surface area (Å²) in [4.78, 5) is 2.83. The predicted molar refractivity (Wildman–Crippen MR) is 61.3 cm³/mol. The van der Waals surface area contributed by atoms with Gasteiger partial charge in [0.2, 0.25) is 0 Å². The van der Waals surface area contributed by atoms with Crippen molar-refractivity contribution in [1.29, 1.82) is 0 Å². The van der Waals surface area contributed by atoms with E-state index < -0.39 is 0 Å². The Labute approximate surface area is 87.9 Å². The number of hydrogen-bond donors (Lipinski definition) is 1. The lowest BCUT2D eigenvalue weighted by Crippen LogP contribution is -2.07. The van der Waals surface area contributed by atoms with E-state index in [1.54, 1.807) is 0 Å². The predicted octanol–water partition coefficient (Wildman–Crippen LogP) is 3.77. The Morgan fingerprint density at radius 2 is 2.14 bits per heavy atom. The molecule has 1 aromatic rings. The molecule has 1 N–H and O–H groups in total. The topological polar surface area (TPSA) is 12.0 Å². The van der Waals surface area contributed by atoms with Crippen molar-refractivity contribution in [3.63, 3.8) is 0 Å². The van der Waals surface area contributed by atoms with Crippen LogP contribution in [-0.4, -0.2) is 0 Å². The third kappa shape index (κ3) is 1.26. The summed E-state index contributed by atoms with van der Waals surface area (Å²) in [6, 6.07) is 8.48. The SMILES string of the molecule is C1=CC2=C(CC1)Sc1ccccc1N2. The third-order valence-corrected chi connectivity index (χ3v) is 3.76. The van der Waals surface area contributed by atoms with E-state index in [2.05, 4.69) is 41.7 Å². The summed E-state index contributed by atoms with van der Waals surface area (Å²) in [6.07, 6.45) is 6.79. The maximum absolute atomic E-state index is 3.47. The van der Waals surface area contributed by atoms with Crippen molar-refractivity contribution in [2.75, 3.05) is 5.32 Å². The monoisotopic (exact) mass is 201 g/mol. The summed E-state index contributed by atoms with van der Waals surface area (Å²) in [5, 5.41) is 3.47. The number of allylic oxidation sites excluding steroid dienone is 3. The molecule has 1 heterocycles. The highest BCUT2D eigenvalue weighted by Crippen LogP contribution is 2.42. The van der Waals surface area contributed by atoms with Crippen molar-refractivity contribution in [1.82, 2.24) is 0 Å². The standard InChI is InChI=1S/C12H11NS/c1-3-7-11-9(5-1)13-10-6-2-4-8-12(10)14-11/h1-3,5-7,13H,4,8H2. The minimum Gasteiger partial charge on any atom is -0.354 e. The van der Waals surface area contributed by atoms with Crippen molar-refractivity contribution < 1.29 is 0 Å². The second-order valence-corrected chi connectivity index (χ2v) is 4.64. The van der Waals surface area contributed by atoms with E-state index in [-0.39, 0.29) is 0 Å². The molecule has 0 aromatic heterocycles. The average Bonchev–Trinajstić information content (AvgIpc) is 2.26. The van der Waals surface area contributed by atoms with Crippen LogP contribution in [0.3, 0.4) is 0 Å². The summed E-state index contributed by atoms with van der Waals surface area (Å²) in [6.45, 7) is 0. The minimum atomic E-state index is 1.18. The van der Waals surface area contributed by atoms with Crippen molar-refractivity contribution in [3.8, 4) is 0 Å². The molecule has 1 aliphatic heterocycles. The molecule has 1 aliphatic carbocycles. The van der Waals surface area contributed by atoms with Crippen LogP contribution in [0.4, 0.5) is 5.69 Å². The fourth-order valence-electron chi connectivity index (χ4n) is 1.80. The first-order valence-electron chi connectivity index (χ1n) is 4.87. The van der Waals surface area contributed by atoms with Crippen LogP contribution in [0.15, 0.2) is 51.9 Å². The summed E-state index contributed by atoms with van der Waals surface area (Å²) in [5.41, 5.74) is 2.53. The fraction of sp³-hybridized carbons (Fsp3) is 0.167. The van der Waals surface area contributed by atoms with Gasteiger partial charge in [-0.2, -0.15) is 0 Å². The molecule has 0 radical (unpaired) electrons. The highest BCUT2D eigenvalue weighted by molar-refractivity contribution is 8.03. The number of anilines is 1. The van der Waals surface area contributed by atoms with Gasteiger partial charge in [-0.25, -0.2) is 0 Å². The van der Waals surface area contributed by atoms with Crippen molar-refractivity contribution >= 4 is 17.4 Å². The van der Waals surface area contributed by atoms with E-state index in [1.807, 2.05) is 11.8 Å². The van der Waals surface area contributed by atoms with Crippen LogP contribution >= 0.6 is 11.8 Å². The molecule has 0 fully saturated rings. The van der Waals surface area contributed by atoms with Crippen LogP contribution in [-0.2, 0) is 0 Å². The molecule has 0 saturated carbocycles. The van der Waals surface area contributed by atoms with Crippen LogP contribution in [0, 0.1) is 0 Å². The second-order valence-electron chi connectivity index (χ2n) is 3.50. The van der Waals surface area contributed by atoms with E-state index in [0.717, 1.165) is 0 Å². The molecule has 0 unspecified atom stereocenters. The Bertz CT molecular complexity index is 432. The van der Waals surface area contributed by atoms with E-state index in [1.165, 1.54) is 34.0 Å². The zero-order valence-corrected chi connectivity index (χ0v) is 8.60. The zero-order chi connectivity index (χ0) is 9.38. The normalized spacial score (nSPS) is 18.6. The van der Waals surface area contributed by atoms with Gasteiger partial charge in [0.15, 0.2) is 0 Å². The van der Waals surface area contributed by atoms with Gasteiger partial charge in [-0.1, -0.05) is 30.0 Å². The first kappa shape index (κ1) is 8.18. The molecule has 0 amide bonds. The molecule has 70 valence electrons.